The molecule has 3 heteroatoms. The number of methoxy groups -OCH3 is 1. The van der Waals surface area contributed by atoms with E-state index in [0.29, 0.717) is 12.1 Å². The number of hydrogen-bond acceptors (Lipinski definition) is 3. The highest BCUT2D eigenvalue weighted by atomic mass is 16.5. The highest BCUT2D eigenvalue weighted by Crippen LogP contribution is 2.24. The average Bonchev–Trinajstić information content (AvgIpc) is 2.45. The fourth-order valence-corrected chi connectivity index (χ4v) is 1.88. The summed E-state index contributed by atoms with van der Waals surface area (Å²) in [5.41, 5.74) is 0. The van der Waals surface area contributed by atoms with Crippen LogP contribution in [0.25, 0.3) is 0 Å². The monoisotopic (exact) mass is 199 g/mol. The highest BCUT2D eigenvalue weighted by molar-refractivity contribution is 5.03. The van der Waals surface area contributed by atoms with Crippen LogP contribution in [0, 0.1) is 0 Å². The van der Waals surface area contributed by atoms with E-state index in [0.717, 1.165) is 18.7 Å². The van der Waals surface area contributed by atoms with E-state index in [9.17, 15) is 0 Å². The third-order valence-corrected chi connectivity index (χ3v) is 2.60. The van der Waals surface area contributed by atoms with Crippen molar-refractivity contribution in [1.82, 2.24) is 4.90 Å². The number of nitrogens with zero attached hydrogens (tertiary/aromatic N) is 1. The molecule has 0 aromatic heterocycles. The first-order valence-electron chi connectivity index (χ1n) is 5.13. The van der Waals surface area contributed by atoms with Crippen LogP contribution in [0.15, 0.2) is 12.3 Å². The van der Waals surface area contributed by atoms with Crippen LogP contribution in [0.5, 0.6) is 0 Å². The normalized spacial score (nSPS) is 28.4. The predicted octanol–water partition coefficient (Wildman–Crippen LogP) is 1.64. The Balaban J connectivity index is 2.48. The lowest BCUT2D eigenvalue weighted by atomic mass is 10.1. The molecule has 0 saturated carbocycles. The molecule has 1 aliphatic rings. The zero-order valence-electron chi connectivity index (χ0n) is 9.62. The molecule has 0 aromatic carbocycles. The van der Waals surface area contributed by atoms with Crippen molar-refractivity contribution in [2.45, 2.75) is 38.5 Å². The zero-order valence-corrected chi connectivity index (χ0v) is 9.62. The van der Waals surface area contributed by atoms with E-state index < -0.39 is 0 Å². The quantitative estimate of drug-likeness (QED) is 0.643. The van der Waals surface area contributed by atoms with Crippen molar-refractivity contribution in [3.63, 3.8) is 0 Å². The first-order valence-corrected chi connectivity index (χ1v) is 5.13. The molecule has 1 heterocycles. The molecule has 1 rings (SSSR count). The number of rotatable bonds is 4. The fourth-order valence-electron chi connectivity index (χ4n) is 1.88. The largest absolute Gasteiger partial charge is 0.494 e. The summed E-state index contributed by atoms with van der Waals surface area (Å²) >= 11 is 0. The minimum atomic E-state index is 0.206. The Kier molecular flexibility index (Phi) is 3.96. The molecule has 0 unspecified atom stereocenters. The third kappa shape index (κ3) is 2.72. The predicted molar refractivity (Wildman–Crippen MR) is 57.2 cm³/mol. The van der Waals surface area contributed by atoms with E-state index in [1.54, 1.807) is 7.11 Å². The molecular formula is C11H21NO2. The maximum atomic E-state index is 5.61. The molecule has 0 spiro atoms. The van der Waals surface area contributed by atoms with Gasteiger partial charge in [-0.1, -0.05) is 6.58 Å². The number of ether oxygens (including phenoxy) is 2. The van der Waals surface area contributed by atoms with Gasteiger partial charge in [-0.05, 0) is 27.3 Å². The van der Waals surface area contributed by atoms with Gasteiger partial charge in [0.2, 0.25) is 0 Å². The minimum absolute atomic E-state index is 0.206. The van der Waals surface area contributed by atoms with E-state index in [-0.39, 0.29) is 6.10 Å². The van der Waals surface area contributed by atoms with E-state index in [4.69, 9.17) is 9.47 Å². The standard InChI is InChI=1S/C11H21NO2/c1-8(2)14-9(3)11-6-10(13-5)7-12(11)4/h8,10-11H,3,6-7H2,1-2,4-5H3/t10-,11+/m1/s1. The van der Waals surface area contributed by atoms with E-state index in [2.05, 4.69) is 18.5 Å². The van der Waals surface area contributed by atoms with Crippen molar-refractivity contribution in [1.29, 1.82) is 0 Å². The summed E-state index contributed by atoms with van der Waals surface area (Å²) in [4.78, 5) is 2.24. The van der Waals surface area contributed by atoms with Crippen molar-refractivity contribution in [2.24, 2.45) is 0 Å². The van der Waals surface area contributed by atoms with Gasteiger partial charge in [0, 0.05) is 13.7 Å². The second-order valence-electron chi connectivity index (χ2n) is 4.18. The minimum Gasteiger partial charge on any atom is -0.494 e. The van der Waals surface area contributed by atoms with Crippen molar-refractivity contribution >= 4 is 0 Å². The van der Waals surface area contributed by atoms with Gasteiger partial charge < -0.3 is 9.47 Å². The molecule has 14 heavy (non-hydrogen) atoms. The Morgan fingerprint density at radius 2 is 2.14 bits per heavy atom. The van der Waals surface area contributed by atoms with E-state index >= 15 is 0 Å². The van der Waals surface area contributed by atoms with Crippen LogP contribution in [0.3, 0.4) is 0 Å². The summed E-state index contributed by atoms with van der Waals surface area (Å²) in [6, 6.07) is 0.308. The summed E-state index contributed by atoms with van der Waals surface area (Å²) in [5.74, 6) is 0.863. The molecule has 0 radical (unpaired) electrons. The van der Waals surface area contributed by atoms with Gasteiger partial charge in [-0.15, -0.1) is 0 Å². The smallest absolute Gasteiger partial charge is 0.106 e. The van der Waals surface area contributed by atoms with Gasteiger partial charge in [-0.25, -0.2) is 0 Å². The summed E-state index contributed by atoms with van der Waals surface area (Å²) in [6.07, 6.45) is 1.51. The van der Waals surface area contributed by atoms with Gasteiger partial charge in [0.05, 0.1) is 18.2 Å². The Labute approximate surface area is 86.7 Å². The maximum absolute atomic E-state index is 5.61. The second-order valence-corrected chi connectivity index (χ2v) is 4.18. The molecule has 0 aromatic rings. The van der Waals surface area contributed by atoms with Gasteiger partial charge in [0.1, 0.15) is 5.76 Å². The summed E-state index contributed by atoms with van der Waals surface area (Å²) in [6.45, 7) is 8.98. The van der Waals surface area contributed by atoms with Gasteiger partial charge in [0.15, 0.2) is 0 Å². The zero-order chi connectivity index (χ0) is 10.7. The lowest BCUT2D eigenvalue weighted by Gasteiger charge is -2.23. The van der Waals surface area contributed by atoms with Gasteiger partial charge in [0.25, 0.3) is 0 Å². The molecule has 3 nitrogen and oxygen atoms in total. The van der Waals surface area contributed by atoms with E-state index in [1.807, 2.05) is 13.8 Å². The molecular weight excluding hydrogens is 178 g/mol. The maximum Gasteiger partial charge on any atom is 0.106 e. The molecule has 0 amide bonds. The lowest BCUT2D eigenvalue weighted by molar-refractivity contribution is 0.107. The summed E-state index contributed by atoms with van der Waals surface area (Å²) in [5, 5.41) is 0. The SMILES string of the molecule is C=C(OC(C)C)[C@@H]1C[C@@H](OC)CN1C. The Hall–Kier alpha value is -0.540. The molecule has 82 valence electrons. The number of hydrogen-bond donors (Lipinski definition) is 0. The van der Waals surface area contributed by atoms with Crippen LogP contribution >= 0.6 is 0 Å². The molecule has 1 aliphatic heterocycles. The Morgan fingerprint density at radius 1 is 1.50 bits per heavy atom. The van der Waals surface area contributed by atoms with Crippen LogP contribution in [-0.2, 0) is 9.47 Å². The summed E-state index contributed by atoms with van der Waals surface area (Å²) in [7, 11) is 3.84. The average molecular weight is 199 g/mol. The first kappa shape index (κ1) is 11.5. The topological polar surface area (TPSA) is 21.7 Å². The molecule has 0 bridgehead atoms. The van der Waals surface area contributed by atoms with Crippen LogP contribution in [0.2, 0.25) is 0 Å². The molecule has 1 fully saturated rings. The van der Waals surface area contributed by atoms with Crippen molar-refractivity contribution < 1.29 is 9.47 Å². The summed E-state index contributed by atoms with van der Waals surface area (Å²) < 4.78 is 10.9. The van der Waals surface area contributed by atoms with Crippen LogP contribution in [0.1, 0.15) is 20.3 Å². The number of likely N-dealkylation sites (N-methyl/N-ethyl adjacent to an activating group) is 1. The van der Waals surface area contributed by atoms with Gasteiger partial charge in [-0.2, -0.15) is 0 Å². The van der Waals surface area contributed by atoms with Gasteiger partial charge >= 0.3 is 0 Å². The molecule has 2 atom stereocenters. The number of likely N-dealkylation sites (tertiary alicyclic amines) is 1. The third-order valence-electron chi connectivity index (χ3n) is 2.60. The first-order chi connectivity index (χ1) is 6.54. The molecule has 0 N–H and O–H groups in total. The second kappa shape index (κ2) is 4.80. The van der Waals surface area contributed by atoms with Crippen molar-refractivity contribution in [2.75, 3.05) is 20.7 Å². The van der Waals surface area contributed by atoms with E-state index in [1.165, 1.54) is 0 Å². The Bertz CT molecular complexity index is 203. The fraction of sp³-hybridized carbons (Fsp3) is 0.818. The molecule has 0 aliphatic carbocycles. The van der Waals surface area contributed by atoms with Crippen molar-refractivity contribution in [3.8, 4) is 0 Å². The van der Waals surface area contributed by atoms with Crippen LogP contribution in [0.4, 0.5) is 0 Å². The van der Waals surface area contributed by atoms with Crippen LogP contribution < -0.4 is 0 Å². The van der Waals surface area contributed by atoms with Crippen molar-refractivity contribution in [3.05, 3.63) is 12.3 Å². The Morgan fingerprint density at radius 3 is 2.57 bits per heavy atom. The molecule has 1 saturated heterocycles. The van der Waals surface area contributed by atoms with Crippen LogP contribution in [-0.4, -0.2) is 43.9 Å². The lowest BCUT2D eigenvalue weighted by Crippen LogP contribution is -2.28. The van der Waals surface area contributed by atoms with Gasteiger partial charge in [-0.3, -0.25) is 4.90 Å². The highest BCUT2D eigenvalue weighted by Gasteiger charge is 2.32.